The Labute approximate surface area is 299 Å². The van der Waals surface area contributed by atoms with E-state index in [0.717, 1.165) is 12.8 Å². The van der Waals surface area contributed by atoms with Gasteiger partial charge in [-0.3, -0.25) is 19.2 Å². The molecule has 0 saturated carbocycles. The van der Waals surface area contributed by atoms with Gasteiger partial charge in [0.25, 0.3) is 0 Å². The first kappa shape index (κ1) is 42.4. The van der Waals surface area contributed by atoms with E-state index in [1.54, 1.807) is 55.4 Å². The second-order valence-corrected chi connectivity index (χ2v) is 13.1. The number of hydrogen-bond donors (Lipinski definition) is 1. The summed E-state index contributed by atoms with van der Waals surface area (Å²) in [7, 11) is 0. The molecule has 0 heterocycles. The third-order valence-corrected chi connectivity index (χ3v) is 6.95. The molecule has 51 heavy (non-hydrogen) atoms. The lowest BCUT2D eigenvalue weighted by Gasteiger charge is -2.13. The zero-order chi connectivity index (χ0) is 38.1. The highest BCUT2D eigenvalue weighted by atomic mass is 16.6. The monoisotopic (exact) mass is 713 g/mol. The van der Waals surface area contributed by atoms with E-state index in [2.05, 4.69) is 5.32 Å². The molecule has 0 amide bonds. The zero-order valence-electron chi connectivity index (χ0n) is 30.8. The van der Waals surface area contributed by atoms with E-state index in [9.17, 15) is 28.8 Å². The van der Waals surface area contributed by atoms with E-state index in [1.165, 1.54) is 36.4 Å². The topological polar surface area (TPSA) is 170 Å². The van der Waals surface area contributed by atoms with Crippen molar-refractivity contribution >= 4 is 35.8 Å². The predicted octanol–water partition coefficient (Wildman–Crippen LogP) is 6.10. The molecule has 0 unspecified atom stereocenters. The molecule has 0 spiro atoms. The van der Waals surface area contributed by atoms with Crippen LogP contribution in [0.1, 0.15) is 102 Å². The van der Waals surface area contributed by atoms with Gasteiger partial charge >= 0.3 is 35.8 Å². The minimum atomic E-state index is -0.641. The third-order valence-electron chi connectivity index (χ3n) is 6.95. The number of carbonyl (C=O) groups excluding carboxylic acids is 6. The first-order valence-corrected chi connectivity index (χ1v) is 17.3. The van der Waals surface area contributed by atoms with Gasteiger partial charge < -0.3 is 33.7 Å². The van der Waals surface area contributed by atoms with Gasteiger partial charge in [-0.1, -0.05) is 55.4 Å². The lowest BCUT2D eigenvalue weighted by molar-refractivity contribution is -0.139. The highest BCUT2D eigenvalue weighted by Gasteiger charge is 2.20. The molecule has 0 saturated heterocycles. The minimum absolute atomic E-state index is 0.0748. The van der Waals surface area contributed by atoms with Gasteiger partial charge in [0.2, 0.25) is 0 Å². The van der Waals surface area contributed by atoms with E-state index in [4.69, 9.17) is 28.4 Å². The lowest BCUT2D eigenvalue weighted by atomic mass is 10.2. The molecule has 2 rings (SSSR count). The van der Waals surface area contributed by atoms with Crippen LogP contribution in [-0.2, 0) is 28.7 Å². The Morgan fingerprint density at radius 1 is 0.451 bits per heavy atom. The smallest absolute Gasteiger partial charge is 0.338 e. The number of nitrogens with one attached hydrogen (secondary N) is 1. The van der Waals surface area contributed by atoms with Gasteiger partial charge in [-0.15, -0.1) is 0 Å². The van der Waals surface area contributed by atoms with Gasteiger partial charge in [-0.2, -0.15) is 0 Å². The van der Waals surface area contributed by atoms with Crippen LogP contribution >= 0.6 is 0 Å². The van der Waals surface area contributed by atoms with Crippen molar-refractivity contribution < 1.29 is 57.2 Å². The van der Waals surface area contributed by atoms with E-state index < -0.39 is 59.5 Å². The first-order valence-electron chi connectivity index (χ1n) is 17.3. The molecule has 0 aliphatic heterocycles. The summed E-state index contributed by atoms with van der Waals surface area (Å²) in [5.74, 6) is -4.56. The summed E-state index contributed by atoms with van der Waals surface area (Å²) < 4.78 is 32.1. The summed E-state index contributed by atoms with van der Waals surface area (Å²) in [5.41, 5.74) is 0.179. The summed E-state index contributed by atoms with van der Waals surface area (Å²) >= 11 is 0. The number of hydrogen-bond acceptors (Lipinski definition) is 13. The number of rotatable bonds is 20. The van der Waals surface area contributed by atoms with Crippen molar-refractivity contribution in [2.75, 3.05) is 26.3 Å². The molecule has 280 valence electrons. The van der Waals surface area contributed by atoms with Crippen molar-refractivity contribution in [3.63, 3.8) is 0 Å². The van der Waals surface area contributed by atoms with Crippen LogP contribution in [0.2, 0.25) is 0 Å². The van der Waals surface area contributed by atoms with Crippen molar-refractivity contribution in [3.05, 3.63) is 47.5 Å². The van der Waals surface area contributed by atoms with Crippen LogP contribution < -0.4 is 24.3 Å². The van der Waals surface area contributed by atoms with E-state index >= 15 is 0 Å². The Morgan fingerprint density at radius 2 is 0.725 bits per heavy atom. The number of benzene rings is 2. The highest BCUT2D eigenvalue weighted by Crippen LogP contribution is 2.27. The molecule has 0 bridgehead atoms. The number of ether oxygens (including phenoxy) is 6. The van der Waals surface area contributed by atoms with Crippen molar-refractivity contribution in [1.29, 1.82) is 0 Å². The van der Waals surface area contributed by atoms with Crippen molar-refractivity contribution in [3.8, 4) is 23.0 Å². The fraction of sp³-hybridized carbons (Fsp3) is 0.526. The van der Waals surface area contributed by atoms with Gasteiger partial charge in [0, 0.05) is 12.1 Å². The maximum atomic E-state index is 12.7. The molecule has 0 aliphatic rings. The van der Waals surface area contributed by atoms with E-state index in [-0.39, 0.29) is 47.3 Å². The van der Waals surface area contributed by atoms with Crippen LogP contribution in [0.15, 0.2) is 36.4 Å². The molecule has 2 aromatic rings. The van der Waals surface area contributed by atoms with Crippen molar-refractivity contribution in [1.82, 2.24) is 5.32 Å². The Morgan fingerprint density at radius 3 is 0.980 bits per heavy atom. The zero-order valence-corrected chi connectivity index (χ0v) is 30.8. The summed E-state index contributed by atoms with van der Waals surface area (Å²) in [6.45, 7) is 15.1. The van der Waals surface area contributed by atoms with Gasteiger partial charge in [0.05, 0.1) is 48.0 Å². The fourth-order valence-electron chi connectivity index (χ4n) is 3.88. The Bertz CT molecular complexity index is 1320. The highest BCUT2D eigenvalue weighted by molar-refractivity contribution is 5.92. The second-order valence-electron chi connectivity index (χ2n) is 13.1. The largest absolute Gasteiger partial charge is 0.462 e. The van der Waals surface area contributed by atoms with Gasteiger partial charge in [-0.25, -0.2) is 9.59 Å². The Balaban J connectivity index is 1.75. The molecule has 0 aliphatic carbocycles. The Hall–Kier alpha value is -4.78. The first-order chi connectivity index (χ1) is 24.1. The summed E-state index contributed by atoms with van der Waals surface area (Å²) in [4.78, 5) is 73.9. The fourth-order valence-corrected chi connectivity index (χ4v) is 3.88. The molecule has 13 nitrogen and oxygen atoms in total. The van der Waals surface area contributed by atoms with Gasteiger partial charge in [0.15, 0.2) is 0 Å². The normalized spacial score (nSPS) is 11.1. The standard InChI is InChI=1S/C38H51NO12/c1-23(2)33(40)48-29-17-27(18-30(21-29)49-34(41)24(3)4)37(44)46-15-11-9-13-39-14-10-12-16-47-38(45)28-19-31(50-35(42)25(5)6)22-32(20-28)51-36(43)26(7)8/h17-26,39H,9-16H2,1-8H3. The molecule has 0 radical (unpaired) electrons. The molecule has 13 heteroatoms. The van der Waals surface area contributed by atoms with Gasteiger partial charge in [0.1, 0.15) is 23.0 Å². The lowest BCUT2D eigenvalue weighted by Crippen LogP contribution is -2.18. The predicted molar refractivity (Wildman–Crippen MR) is 187 cm³/mol. The molecular weight excluding hydrogens is 662 g/mol. The van der Waals surface area contributed by atoms with Crippen LogP contribution in [0.4, 0.5) is 0 Å². The second kappa shape index (κ2) is 21.4. The Kier molecular flexibility index (Phi) is 17.8. The van der Waals surface area contributed by atoms with E-state index in [0.29, 0.717) is 25.9 Å². The number of esters is 6. The molecule has 0 aromatic heterocycles. The SMILES string of the molecule is CC(C)C(=O)Oc1cc(OC(=O)C(C)C)cc(C(=O)OCCCCNCCCCOC(=O)c2cc(OC(=O)C(C)C)cc(OC(=O)C(C)C)c2)c1. The van der Waals surface area contributed by atoms with Crippen LogP contribution in [0.25, 0.3) is 0 Å². The minimum Gasteiger partial charge on any atom is -0.462 e. The van der Waals surface area contributed by atoms with Crippen LogP contribution in [-0.4, -0.2) is 62.1 Å². The molecule has 0 atom stereocenters. The maximum Gasteiger partial charge on any atom is 0.338 e. The van der Waals surface area contributed by atoms with Crippen molar-refractivity contribution in [2.45, 2.75) is 81.1 Å². The van der Waals surface area contributed by atoms with Gasteiger partial charge in [-0.05, 0) is 63.0 Å². The number of unbranched alkanes of at least 4 members (excludes halogenated alkanes) is 2. The average molecular weight is 714 g/mol. The number of carbonyl (C=O) groups is 6. The third kappa shape index (κ3) is 15.8. The maximum absolute atomic E-state index is 12.7. The van der Waals surface area contributed by atoms with E-state index in [1.807, 2.05) is 0 Å². The summed E-state index contributed by atoms with van der Waals surface area (Å²) in [5, 5.41) is 3.29. The molecule has 1 N–H and O–H groups in total. The van der Waals surface area contributed by atoms with Crippen LogP contribution in [0.5, 0.6) is 23.0 Å². The van der Waals surface area contributed by atoms with Crippen LogP contribution in [0, 0.1) is 23.7 Å². The quantitative estimate of drug-likeness (QED) is 0.0950. The molecule has 2 aromatic carbocycles. The van der Waals surface area contributed by atoms with Crippen LogP contribution in [0.3, 0.4) is 0 Å². The average Bonchev–Trinajstić information content (AvgIpc) is 3.06. The summed E-state index contributed by atoms with van der Waals surface area (Å²) in [6.07, 6.45) is 2.64. The summed E-state index contributed by atoms with van der Waals surface area (Å²) in [6, 6.07) is 8.25. The van der Waals surface area contributed by atoms with Crippen molar-refractivity contribution in [2.24, 2.45) is 23.7 Å². The molecular formula is C38H51NO12. The molecule has 0 fully saturated rings.